The van der Waals surface area contributed by atoms with Gasteiger partial charge in [-0.2, -0.15) is 0 Å². The highest BCUT2D eigenvalue weighted by molar-refractivity contribution is 5.16. The number of rotatable bonds is 5. The van der Waals surface area contributed by atoms with Crippen LogP contribution in [0.15, 0.2) is 42.0 Å². The molecular weight excluding hydrogens is 168 g/mol. The molecule has 0 aliphatic rings. The second-order valence-corrected chi connectivity index (χ2v) is 3.82. The zero-order valence-electron chi connectivity index (χ0n) is 9.29. The minimum atomic E-state index is 1.17. The summed E-state index contributed by atoms with van der Waals surface area (Å²) in [6.07, 6.45) is 7.21. The monoisotopic (exact) mass is 188 g/mol. The Labute approximate surface area is 87.7 Å². The van der Waals surface area contributed by atoms with Gasteiger partial charge in [-0.1, -0.05) is 55.3 Å². The molecule has 0 aliphatic carbocycles. The van der Waals surface area contributed by atoms with Crippen LogP contribution in [-0.4, -0.2) is 0 Å². The second-order valence-electron chi connectivity index (χ2n) is 3.82. The van der Waals surface area contributed by atoms with Crippen LogP contribution in [0.5, 0.6) is 0 Å². The summed E-state index contributed by atoms with van der Waals surface area (Å²) in [5.74, 6) is 0. The normalized spacial score (nSPS) is 11.7. The van der Waals surface area contributed by atoms with E-state index in [1.54, 1.807) is 0 Å². The van der Waals surface area contributed by atoms with Gasteiger partial charge in [0, 0.05) is 0 Å². The standard InChI is InChI=1S/C14H20/c1-3-4-8-13(2)11-12-14-9-6-5-7-10-14/h5-10H,3-4,11-12H2,1-2H3/b13-8-. The van der Waals surface area contributed by atoms with Gasteiger partial charge in [-0.3, -0.25) is 0 Å². The molecule has 0 aromatic heterocycles. The Kier molecular flexibility index (Phi) is 5.06. The summed E-state index contributed by atoms with van der Waals surface area (Å²) in [7, 11) is 0. The van der Waals surface area contributed by atoms with Crippen molar-refractivity contribution in [3.8, 4) is 0 Å². The van der Waals surface area contributed by atoms with Crippen LogP contribution in [-0.2, 0) is 6.42 Å². The summed E-state index contributed by atoms with van der Waals surface area (Å²) in [5, 5.41) is 0. The van der Waals surface area contributed by atoms with Crippen LogP contribution in [0, 0.1) is 0 Å². The van der Waals surface area contributed by atoms with E-state index in [2.05, 4.69) is 50.3 Å². The van der Waals surface area contributed by atoms with E-state index in [1.807, 2.05) is 0 Å². The summed E-state index contributed by atoms with van der Waals surface area (Å²) < 4.78 is 0. The maximum atomic E-state index is 2.36. The number of benzene rings is 1. The van der Waals surface area contributed by atoms with E-state index in [0.29, 0.717) is 0 Å². The van der Waals surface area contributed by atoms with Crippen molar-refractivity contribution in [1.82, 2.24) is 0 Å². The second kappa shape index (κ2) is 6.42. The third-order valence-electron chi connectivity index (χ3n) is 2.43. The first-order valence-electron chi connectivity index (χ1n) is 5.52. The van der Waals surface area contributed by atoms with Crippen LogP contribution in [0.4, 0.5) is 0 Å². The first-order valence-corrected chi connectivity index (χ1v) is 5.52. The van der Waals surface area contributed by atoms with E-state index < -0.39 is 0 Å². The van der Waals surface area contributed by atoms with Crippen molar-refractivity contribution >= 4 is 0 Å². The summed E-state index contributed by atoms with van der Waals surface area (Å²) in [6.45, 7) is 4.46. The minimum Gasteiger partial charge on any atom is -0.0856 e. The van der Waals surface area contributed by atoms with Gasteiger partial charge in [0.15, 0.2) is 0 Å². The number of hydrogen-bond acceptors (Lipinski definition) is 0. The molecule has 76 valence electrons. The van der Waals surface area contributed by atoms with Gasteiger partial charge in [-0.05, 0) is 31.7 Å². The van der Waals surface area contributed by atoms with Gasteiger partial charge in [0.2, 0.25) is 0 Å². The van der Waals surface area contributed by atoms with Crippen molar-refractivity contribution in [2.75, 3.05) is 0 Å². The molecule has 0 spiro atoms. The summed E-state index contributed by atoms with van der Waals surface area (Å²) in [4.78, 5) is 0. The molecule has 0 bridgehead atoms. The Bertz CT molecular complexity index is 269. The van der Waals surface area contributed by atoms with Gasteiger partial charge < -0.3 is 0 Å². The lowest BCUT2D eigenvalue weighted by Gasteiger charge is -2.01. The molecule has 0 saturated heterocycles. The molecular formula is C14H20. The Morgan fingerprint density at radius 3 is 2.57 bits per heavy atom. The van der Waals surface area contributed by atoms with Gasteiger partial charge in [0.05, 0.1) is 0 Å². The fraction of sp³-hybridized carbons (Fsp3) is 0.429. The maximum Gasteiger partial charge on any atom is -0.0242 e. The van der Waals surface area contributed by atoms with Crippen molar-refractivity contribution in [2.45, 2.75) is 39.5 Å². The number of unbranched alkanes of at least 4 members (excludes halogenated alkanes) is 1. The van der Waals surface area contributed by atoms with Gasteiger partial charge in [-0.25, -0.2) is 0 Å². The molecule has 14 heavy (non-hydrogen) atoms. The van der Waals surface area contributed by atoms with E-state index in [1.165, 1.54) is 36.8 Å². The van der Waals surface area contributed by atoms with Crippen molar-refractivity contribution < 1.29 is 0 Å². The predicted molar refractivity (Wildman–Crippen MR) is 63.4 cm³/mol. The average molecular weight is 188 g/mol. The van der Waals surface area contributed by atoms with Crippen molar-refractivity contribution in [1.29, 1.82) is 0 Å². The zero-order valence-corrected chi connectivity index (χ0v) is 9.29. The molecule has 0 atom stereocenters. The highest BCUT2D eigenvalue weighted by atomic mass is 14.0. The van der Waals surface area contributed by atoms with E-state index >= 15 is 0 Å². The molecule has 0 amide bonds. The lowest BCUT2D eigenvalue weighted by atomic mass is 10.0. The zero-order chi connectivity index (χ0) is 10.2. The maximum absolute atomic E-state index is 2.36. The van der Waals surface area contributed by atoms with Crippen LogP contribution < -0.4 is 0 Å². The molecule has 0 fully saturated rings. The average Bonchev–Trinajstić information content (AvgIpc) is 2.25. The first kappa shape index (κ1) is 11.0. The van der Waals surface area contributed by atoms with Crippen LogP contribution >= 0.6 is 0 Å². The molecule has 1 aromatic carbocycles. The topological polar surface area (TPSA) is 0 Å². The highest BCUT2D eigenvalue weighted by Crippen LogP contribution is 2.09. The molecule has 1 aromatic rings. The number of allylic oxidation sites excluding steroid dienone is 2. The third-order valence-corrected chi connectivity index (χ3v) is 2.43. The van der Waals surface area contributed by atoms with Crippen LogP contribution in [0.2, 0.25) is 0 Å². The summed E-state index contributed by atoms with van der Waals surface area (Å²) in [5.41, 5.74) is 2.97. The summed E-state index contributed by atoms with van der Waals surface area (Å²) in [6, 6.07) is 10.7. The number of hydrogen-bond donors (Lipinski definition) is 0. The quantitative estimate of drug-likeness (QED) is 0.602. The van der Waals surface area contributed by atoms with Gasteiger partial charge in [0.25, 0.3) is 0 Å². The van der Waals surface area contributed by atoms with Crippen LogP contribution in [0.3, 0.4) is 0 Å². The number of aryl methyl sites for hydroxylation is 1. The fourth-order valence-electron chi connectivity index (χ4n) is 1.48. The molecule has 1 rings (SSSR count). The molecule has 0 heteroatoms. The molecule has 0 N–H and O–H groups in total. The predicted octanol–water partition coefficient (Wildman–Crippen LogP) is 4.37. The van der Waals surface area contributed by atoms with E-state index in [9.17, 15) is 0 Å². The molecule has 0 heterocycles. The Morgan fingerprint density at radius 2 is 1.93 bits per heavy atom. The fourth-order valence-corrected chi connectivity index (χ4v) is 1.48. The third kappa shape index (κ3) is 4.27. The van der Waals surface area contributed by atoms with E-state index in [4.69, 9.17) is 0 Å². The molecule has 0 unspecified atom stereocenters. The van der Waals surface area contributed by atoms with Crippen LogP contribution in [0.25, 0.3) is 0 Å². The summed E-state index contributed by atoms with van der Waals surface area (Å²) >= 11 is 0. The Hall–Kier alpha value is -1.04. The Balaban J connectivity index is 2.34. The first-order chi connectivity index (χ1) is 6.83. The SMILES string of the molecule is CCC/C=C(/C)CCc1ccccc1. The highest BCUT2D eigenvalue weighted by Gasteiger charge is 1.92. The van der Waals surface area contributed by atoms with Crippen molar-refractivity contribution in [3.63, 3.8) is 0 Å². The molecule has 0 aliphatic heterocycles. The minimum absolute atomic E-state index is 1.17. The van der Waals surface area contributed by atoms with Crippen LogP contribution in [0.1, 0.15) is 38.7 Å². The lowest BCUT2D eigenvalue weighted by Crippen LogP contribution is -1.85. The smallest absolute Gasteiger partial charge is 0.0242 e. The van der Waals surface area contributed by atoms with E-state index in [0.717, 1.165) is 0 Å². The Morgan fingerprint density at radius 1 is 1.21 bits per heavy atom. The van der Waals surface area contributed by atoms with Gasteiger partial charge in [0.1, 0.15) is 0 Å². The van der Waals surface area contributed by atoms with Crippen molar-refractivity contribution in [3.05, 3.63) is 47.5 Å². The molecule has 0 saturated carbocycles. The lowest BCUT2D eigenvalue weighted by molar-refractivity contribution is 0.897. The van der Waals surface area contributed by atoms with Gasteiger partial charge >= 0.3 is 0 Å². The van der Waals surface area contributed by atoms with Gasteiger partial charge in [-0.15, -0.1) is 0 Å². The largest absolute Gasteiger partial charge is 0.0856 e. The molecule has 0 radical (unpaired) electrons. The van der Waals surface area contributed by atoms with E-state index in [-0.39, 0.29) is 0 Å². The van der Waals surface area contributed by atoms with Crippen molar-refractivity contribution in [2.24, 2.45) is 0 Å². The molecule has 0 nitrogen and oxygen atoms in total.